The highest BCUT2D eigenvalue weighted by Gasteiger charge is 2.29. The van der Waals surface area contributed by atoms with Crippen LogP contribution in [0, 0.1) is 6.92 Å². The van der Waals surface area contributed by atoms with Gasteiger partial charge in [0.2, 0.25) is 0 Å². The third kappa shape index (κ3) is 3.12. The van der Waals surface area contributed by atoms with Crippen molar-refractivity contribution in [2.45, 2.75) is 38.6 Å². The Kier molecular flexibility index (Phi) is 5.01. The first-order valence-corrected chi connectivity index (χ1v) is 7.37. The molecule has 110 valence electrons. The van der Waals surface area contributed by atoms with Crippen LogP contribution in [0.25, 0.3) is 0 Å². The maximum atomic E-state index is 12.8. The second-order valence-corrected chi connectivity index (χ2v) is 5.46. The topological polar surface area (TPSA) is 52.6 Å². The number of carbonyl (C=O) groups excluding carboxylic acids is 1. The molecule has 20 heavy (non-hydrogen) atoms. The number of anilines is 1. The van der Waals surface area contributed by atoms with Crippen molar-refractivity contribution in [3.63, 3.8) is 0 Å². The van der Waals surface area contributed by atoms with Crippen molar-refractivity contribution in [1.29, 1.82) is 0 Å². The molecule has 1 aliphatic rings. The molecule has 1 saturated carbocycles. The molecular weight excluding hydrogens is 252 g/mol. The predicted octanol–water partition coefficient (Wildman–Crippen LogP) is 2.41. The van der Waals surface area contributed by atoms with Gasteiger partial charge in [0.15, 0.2) is 0 Å². The summed E-state index contributed by atoms with van der Waals surface area (Å²) in [6.45, 7) is 2.76. The summed E-state index contributed by atoms with van der Waals surface area (Å²) in [5, 5.41) is 12.1. The molecule has 0 atom stereocenters. The average Bonchev–Trinajstić information content (AvgIpc) is 2.40. The molecule has 0 spiro atoms. The molecule has 0 aliphatic heterocycles. The zero-order chi connectivity index (χ0) is 14.5. The van der Waals surface area contributed by atoms with E-state index >= 15 is 0 Å². The molecule has 1 aromatic carbocycles. The fourth-order valence-electron chi connectivity index (χ4n) is 2.60. The molecule has 1 aromatic rings. The van der Waals surface area contributed by atoms with Crippen LogP contribution in [0.3, 0.4) is 0 Å². The van der Waals surface area contributed by atoms with Crippen LogP contribution in [0.15, 0.2) is 18.2 Å². The van der Waals surface area contributed by atoms with E-state index in [1.165, 1.54) is 6.42 Å². The van der Waals surface area contributed by atoms with E-state index in [1.807, 2.05) is 37.1 Å². The molecule has 4 nitrogen and oxygen atoms in total. The number of carbonyl (C=O) groups is 1. The Bertz CT molecular complexity index is 470. The average molecular weight is 276 g/mol. The highest BCUT2D eigenvalue weighted by Crippen LogP contribution is 2.28. The molecule has 2 N–H and O–H groups in total. The van der Waals surface area contributed by atoms with Crippen molar-refractivity contribution in [1.82, 2.24) is 4.90 Å². The molecule has 1 aliphatic carbocycles. The quantitative estimate of drug-likeness (QED) is 0.839. The summed E-state index contributed by atoms with van der Waals surface area (Å²) in [6.07, 6.45) is 4.00. The van der Waals surface area contributed by atoms with Gasteiger partial charge in [-0.25, -0.2) is 0 Å². The van der Waals surface area contributed by atoms with Crippen molar-refractivity contribution in [3.8, 4) is 0 Å². The zero-order valence-electron chi connectivity index (χ0n) is 12.4. The predicted molar refractivity (Wildman–Crippen MR) is 81.1 cm³/mol. The van der Waals surface area contributed by atoms with E-state index in [2.05, 4.69) is 5.32 Å². The second kappa shape index (κ2) is 6.75. The van der Waals surface area contributed by atoms with Crippen molar-refractivity contribution in [2.75, 3.05) is 25.5 Å². The largest absolute Gasteiger partial charge is 0.396 e. The lowest BCUT2D eigenvalue weighted by molar-refractivity contribution is 0.0563. The van der Waals surface area contributed by atoms with Crippen LogP contribution in [-0.2, 0) is 0 Å². The van der Waals surface area contributed by atoms with E-state index in [1.54, 1.807) is 0 Å². The summed E-state index contributed by atoms with van der Waals surface area (Å²) >= 11 is 0. The summed E-state index contributed by atoms with van der Waals surface area (Å²) in [5.74, 6) is 0.0798. The zero-order valence-corrected chi connectivity index (χ0v) is 12.4. The van der Waals surface area contributed by atoms with E-state index in [0.29, 0.717) is 19.0 Å². The molecule has 0 saturated heterocycles. The van der Waals surface area contributed by atoms with Crippen molar-refractivity contribution in [3.05, 3.63) is 29.3 Å². The van der Waals surface area contributed by atoms with Crippen LogP contribution in [0.2, 0.25) is 0 Å². The monoisotopic (exact) mass is 276 g/mol. The Labute approximate surface area is 120 Å². The minimum Gasteiger partial charge on any atom is -0.396 e. The highest BCUT2D eigenvalue weighted by atomic mass is 16.3. The Hall–Kier alpha value is -1.55. The normalized spacial score (nSPS) is 14.8. The standard InChI is InChI=1S/C16H24N2O2/c1-12-7-8-15(17-2)14(11-12)16(20)18(9-4-10-19)13-5-3-6-13/h7-8,11,13,17,19H,3-6,9-10H2,1-2H3. The van der Waals surface area contributed by atoms with Gasteiger partial charge >= 0.3 is 0 Å². The third-order valence-electron chi connectivity index (χ3n) is 4.01. The Morgan fingerprint density at radius 1 is 1.45 bits per heavy atom. The van der Waals surface area contributed by atoms with E-state index in [9.17, 15) is 4.79 Å². The van der Waals surface area contributed by atoms with Crippen LogP contribution >= 0.6 is 0 Å². The van der Waals surface area contributed by atoms with Crippen molar-refractivity contribution in [2.24, 2.45) is 0 Å². The highest BCUT2D eigenvalue weighted by molar-refractivity contribution is 6.00. The number of aliphatic hydroxyl groups is 1. The second-order valence-electron chi connectivity index (χ2n) is 5.46. The molecule has 0 radical (unpaired) electrons. The fraction of sp³-hybridized carbons (Fsp3) is 0.562. The van der Waals surface area contributed by atoms with Gasteiger partial charge in [-0.15, -0.1) is 0 Å². The first kappa shape index (κ1) is 14.9. The molecule has 0 heterocycles. The fourth-order valence-corrected chi connectivity index (χ4v) is 2.60. The summed E-state index contributed by atoms with van der Waals surface area (Å²) in [5.41, 5.74) is 2.69. The summed E-state index contributed by atoms with van der Waals surface area (Å²) in [6, 6.07) is 6.25. The molecule has 0 unspecified atom stereocenters. The number of nitrogens with zero attached hydrogens (tertiary/aromatic N) is 1. The first-order valence-electron chi connectivity index (χ1n) is 7.37. The van der Waals surface area contributed by atoms with Gasteiger partial charge in [-0.2, -0.15) is 0 Å². The number of nitrogens with one attached hydrogen (secondary N) is 1. The Morgan fingerprint density at radius 3 is 2.75 bits per heavy atom. The Balaban J connectivity index is 2.23. The van der Waals surface area contributed by atoms with E-state index < -0.39 is 0 Å². The molecule has 2 rings (SSSR count). The summed E-state index contributed by atoms with van der Waals surface area (Å²) in [4.78, 5) is 14.8. The van der Waals surface area contributed by atoms with Crippen molar-refractivity contribution < 1.29 is 9.90 Å². The minimum atomic E-state index is 0.0798. The number of aliphatic hydroxyl groups excluding tert-OH is 1. The van der Waals surface area contributed by atoms with Crippen LogP contribution in [0.4, 0.5) is 5.69 Å². The molecule has 0 aromatic heterocycles. The Morgan fingerprint density at radius 2 is 2.20 bits per heavy atom. The summed E-state index contributed by atoms with van der Waals surface area (Å²) < 4.78 is 0. The van der Waals surface area contributed by atoms with Gasteiger partial charge in [0.1, 0.15) is 0 Å². The molecule has 1 fully saturated rings. The number of amides is 1. The molecule has 4 heteroatoms. The van der Waals surface area contributed by atoms with Crippen LogP contribution in [-0.4, -0.2) is 42.2 Å². The van der Waals surface area contributed by atoms with E-state index in [-0.39, 0.29) is 12.5 Å². The maximum Gasteiger partial charge on any atom is 0.256 e. The van der Waals surface area contributed by atoms with Crippen LogP contribution < -0.4 is 5.32 Å². The van der Waals surface area contributed by atoms with Gasteiger partial charge in [0.05, 0.1) is 5.56 Å². The van der Waals surface area contributed by atoms with Gasteiger partial charge in [0, 0.05) is 31.9 Å². The number of hydrogen-bond acceptors (Lipinski definition) is 3. The third-order valence-corrected chi connectivity index (χ3v) is 4.01. The lowest BCUT2D eigenvalue weighted by Crippen LogP contribution is -2.45. The van der Waals surface area contributed by atoms with Crippen LogP contribution in [0.1, 0.15) is 41.6 Å². The molecule has 0 bridgehead atoms. The van der Waals surface area contributed by atoms with Gasteiger partial charge in [-0.05, 0) is 44.7 Å². The van der Waals surface area contributed by atoms with E-state index in [0.717, 1.165) is 29.7 Å². The molecular formula is C16H24N2O2. The summed E-state index contributed by atoms with van der Waals surface area (Å²) in [7, 11) is 1.84. The number of rotatable bonds is 6. The maximum absolute atomic E-state index is 12.8. The lowest BCUT2D eigenvalue weighted by Gasteiger charge is -2.38. The van der Waals surface area contributed by atoms with Gasteiger partial charge in [-0.3, -0.25) is 4.79 Å². The van der Waals surface area contributed by atoms with Crippen LogP contribution in [0.5, 0.6) is 0 Å². The first-order chi connectivity index (χ1) is 9.67. The smallest absolute Gasteiger partial charge is 0.256 e. The number of hydrogen-bond donors (Lipinski definition) is 2. The minimum absolute atomic E-state index is 0.0798. The van der Waals surface area contributed by atoms with Crippen molar-refractivity contribution >= 4 is 11.6 Å². The number of benzene rings is 1. The number of aryl methyl sites for hydroxylation is 1. The van der Waals surface area contributed by atoms with Gasteiger partial charge in [-0.1, -0.05) is 11.6 Å². The van der Waals surface area contributed by atoms with Gasteiger partial charge in [0.25, 0.3) is 5.91 Å². The molecule has 1 amide bonds. The van der Waals surface area contributed by atoms with E-state index in [4.69, 9.17) is 5.11 Å². The van der Waals surface area contributed by atoms with Gasteiger partial charge < -0.3 is 15.3 Å². The SMILES string of the molecule is CNc1ccc(C)cc1C(=O)N(CCCO)C1CCC1. The lowest BCUT2D eigenvalue weighted by atomic mass is 9.90.